The van der Waals surface area contributed by atoms with Crippen LogP contribution in [0.5, 0.6) is 11.5 Å². The van der Waals surface area contributed by atoms with Crippen molar-refractivity contribution in [2.24, 2.45) is 0 Å². The summed E-state index contributed by atoms with van der Waals surface area (Å²) in [5, 5.41) is 37.7. The van der Waals surface area contributed by atoms with E-state index in [-0.39, 0.29) is 19.5 Å². The fourth-order valence-corrected chi connectivity index (χ4v) is 2.52. The van der Waals surface area contributed by atoms with Crippen LogP contribution in [0.3, 0.4) is 0 Å². The first-order valence-corrected chi connectivity index (χ1v) is 10.2. The van der Waals surface area contributed by atoms with Crippen LogP contribution in [0.15, 0.2) is 30.3 Å². The van der Waals surface area contributed by atoms with Crippen molar-refractivity contribution in [1.29, 1.82) is 0 Å². The Morgan fingerprint density at radius 3 is 1.22 bits per heavy atom. The molecule has 0 saturated heterocycles. The van der Waals surface area contributed by atoms with Gasteiger partial charge in [0, 0.05) is 6.54 Å². The molecule has 20 heteroatoms. The molecule has 223 valence electrons. The Balaban J connectivity index is 0.000000591. The summed E-state index contributed by atoms with van der Waals surface area (Å²) in [5.74, 6) is -26.9. The molecule has 7 nitrogen and oxygen atoms in total. The van der Waals surface area contributed by atoms with Gasteiger partial charge in [0.05, 0.1) is 0 Å². The fourth-order valence-electron chi connectivity index (χ4n) is 2.52. The second-order valence-corrected chi connectivity index (χ2v) is 7.35. The number of rotatable bonds is 6. The van der Waals surface area contributed by atoms with Gasteiger partial charge in [-0.25, -0.2) is 26.3 Å². The maximum Gasteiger partial charge on any atom is 3.00 e. The third kappa shape index (κ3) is 10.8. The Kier molecular flexibility index (Phi) is 15.9. The number of hydrogen-bond donors (Lipinski definition) is 1. The molecule has 0 aliphatic rings. The van der Waals surface area contributed by atoms with Crippen LogP contribution < -0.4 is 24.4 Å². The zero-order chi connectivity index (χ0) is 30.9. The van der Waals surface area contributed by atoms with Crippen molar-refractivity contribution in [3.05, 3.63) is 94.1 Å². The predicted octanol–water partition coefficient (Wildman–Crippen LogP) is 1.31. The van der Waals surface area contributed by atoms with Crippen molar-refractivity contribution >= 4 is 14.6 Å². The van der Waals surface area contributed by atoms with Crippen LogP contribution in [0.1, 0.15) is 5.56 Å². The molecule has 3 rings (SSSR count). The van der Waals surface area contributed by atoms with Gasteiger partial charge in [0.15, 0.2) is 11.5 Å². The van der Waals surface area contributed by atoms with E-state index in [2.05, 4.69) is 52.6 Å². The van der Waals surface area contributed by atoms with E-state index < -0.39 is 84.3 Å². The second-order valence-electron chi connectivity index (χ2n) is 7.35. The molecule has 0 aromatic heterocycles. The van der Waals surface area contributed by atoms with Crippen molar-refractivity contribution < 1.29 is 92.8 Å². The summed E-state index contributed by atoms with van der Waals surface area (Å²) in [6, 6.07) is 10.5. The minimum absolute atomic E-state index is 0. The van der Waals surface area contributed by atoms with Crippen LogP contribution in [-0.4, -0.2) is 38.7 Å². The molecule has 0 amide bonds. The minimum Gasteiger partial charge on any atom is -0.860 e. The summed E-state index contributed by atoms with van der Waals surface area (Å²) in [5.41, 5.74) is 1.37. The van der Waals surface area contributed by atoms with Gasteiger partial charge in [-0.3, -0.25) is 0 Å². The molecule has 0 atom stereocenters. The molecule has 1 N–H and O–H groups in total. The molecule has 0 aliphatic carbocycles. The average Bonchev–Trinajstić information content (AvgIpc) is 2.90. The first-order chi connectivity index (χ1) is 18.5. The molecule has 0 heterocycles. The molecular formula is C21H14B2F10NO6Ru. The normalized spacial score (nSPS) is 10.1. The monoisotopic (exact) mass is 690 g/mol. The summed E-state index contributed by atoms with van der Waals surface area (Å²) in [6.45, 7) is 1.03. The largest absolute Gasteiger partial charge is 3.00 e. The topological polar surface area (TPSA) is 111 Å². The van der Waals surface area contributed by atoms with E-state index in [1.165, 1.54) is 5.56 Å². The standard InChI is InChI=1S/C9H13N.C6HBF5O3.C6BF5O3.Ru/c1-10(2)8-9-6-4-3-5-7-9;2*8-1-2(9)4(11)6(15-7(13)14)5(12)3(1)10;/h3-7H,8H2,1-2H3;13H;;/q;-1;-2;+3. The van der Waals surface area contributed by atoms with Crippen molar-refractivity contribution in [3.8, 4) is 11.5 Å². The molecule has 0 bridgehead atoms. The molecule has 0 fully saturated rings. The van der Waals surface area contributed by atoms with Gasteiger partial charge in [-0.1, -0.05) is 30.3 Å². The van der Waals surface area contributed by atoms with Gasteiger partial charge in [0.2, 0.25) is 58.2 Å². The number of benzene rings is 3. The van der Waals surface area contributed by atoms with Crippen LogP contribution in [0, 0.1) is 58.2 Å². The summed E-state index contributed by atoms with van der Waals surface area (Å²) in [7, 11) is -1.99. The first-order valence-electron chi connectivity index (χ1n) is 10.2. The maximum atomic E-state index is 12.7. The van der Waals surface area contributed by atoms with E-state index in [9.17, 15) is 59.0 Å². The molecule has 1 radical (unpaired) electrons. The van der Waals surface area contributed by atoms with Gasteiger partial charge in [-0.2, -0.15) is 17.6 Å². The molecule has 41 heavy (non-hydrogen) atoms. The summed E-state index contributed by atoms with van der Waals surface area (Å²) >= 11 is 0. The van der Waals surface area contributed by atoms with Crippen LogP contribution in [0.4, 0.5) is 43.9 Å². The van der Waals surface area contributed by atoms with Crippen LogP contribution in [0.2, 0.25) is 0 Å². The van der Waals surface area contributed by atoms with Crippen LogP contribution >= 0.6 is 0 Å². The minimum atomic E-state index is -3.20. The van der Waals surface area contributed by atoms with Gasteiger partial charge in [0.1, 0.15) is 7.32 Å². The summed E-state index contributed by atoms with van der Waals surface area (Å²) < 4.78 is 132. The van der Waals surface area contributed by atoms with E-state index in [1.54, 1.807) is 0 Å². The van der Waals surface area contributed by atoms with E-state index in [4.69, 9.17) is 5.02 Å². The quantitative estimate of drug-likeness (QED) is 0.180. The Morgan fingerprint density at radius 2 is 0.927 bits per heavy atom. The smallest absolute Gasteiger partial charge is 0.860 e. The molecule has 3 aromatic carbocycles. The third-order valence-electron chi connectivity index (χ3n) is 4.11. The summed E-state index contributed by atoms with van der Waals surface area (Å²) in [6.07, 6.45) is 0. The van der Waals surface area contributed by atoms with Gasteiger partial charge < -0.3 is 34.3 Å². The van der Waals surface area contributed by atoms with E-state index in [0.717, 1.165) is 6.54 Å². The molecule has 0 unspecified atom stereocenters. The Bertz CT molecular complexity index is 1160. The Morgan fingerprint density at radius 1 is 0.610 bits per heavy atom. The van der Waals surface area contributed by atoms with Gasteiger partial charge in [0.25, 0.3) is 0 Å². The van der Waals surface area contributed by atoms with Crippen molar-refractivity contribution in [3.63, 3.8) is 0 Å². The number of hydrogen-bond acceptors (Lipinski definition) is 7. The van der Waals surface area contributed by atoms with E-state index in [1.807, 2.05) is 6.07 Å². The second kappa shape index (κ2) is 17.2. The maximum absolute atomic E-state index is 12.7. The zero-order valence-electron chi connectivity index (χ0n) is 20.3. The molecule has 0 spiro atoms. The van der Waals surface area contributed by atoms with Crippen molar-refractivity contribution in [2.75, 3.05) is 14.1 Å². The molecule has 3 aromatic rings. The van der Waals surface area contributed by atoms with Gasteiger partial charge in [-0.05, 0) is 19.7 Å². The Labute approximate surface area is 238 Å². The zero-order valence-corrected chi connectivity index (χ0v) is 22.1. The van der Waals surface area contributed by atoms with E-state index >= 15 is 0 Å². The number of nitrogens with zero attached hydrogens (tertiary/aromatic N) is 1. The van der Waals surface area contributed by atoms with Crippen molar-refractivity contribution in [2.45, 2.75) is 6.54 Å². The van der Waals surface area contributed by atoms with E-state index in [0.29, 0.717) is 0 Å². The average molecular weight is 689 g/mol. The Hall–Kier alpha value is -2.89. The number of halogens is 10. The van der Waals surface area contributed by atoms with Crippen LogP contribution in [0.25, 0.3) is 0 Å². The molecular weight excluding hydrogens is 675 g/mol. The third-order valence-corrected chi connectivity index (χ3v) is 4.11. The predicted molar refractivity (Wildman–Crippen MR) is 111 cm³/mol. The van der Waals surface area contributed by atoms with Crippen molar-refractivity contribution in [1.82, 2.24) is 4.90 Å². The first kappa shape index (κ1) is 38.1. The summed E-state index contributed by atoms with van der Waals surface area (Å²) in [4.78, 5) is 2.16. The van der Waals surface area contributed by atoms with Crippen LogP contribution in [-0.2, 0) is 26.0 Å². The molecule has 0 saturated carbocycles. The van der Waals surface area contributed by atoms with Gasteiger partial charge >= 0.3 is 26.8 Å². The SMILES string of the molecule is CN(C)Cc1ccccc1.[O-]B(O)Oc1c(F)c(F)c(F)c(F)c1F.[O-]B([O-])Oc1c(F)c(F)c(F)c(F)c1F.[Ru+3]. The van der Waals surface area contributed by atoms with Gasteiger partial charge in [-0.15, -0.1) is 0 Å². The molecule has 0 aliphatic heterocycles. The fraction of sp³-hybridized carbons (Fsp3) is 0.143.